The normalized spacial score (nSPS) is 16.8. The van der Waals surface area contributed by atoms with Gasteiger partial charge in [-0.2, -0.15) is 0 Å². The maximum Gasteiger partial charge on any atom is 0.156 e. The van der Waals surface area contributed by atoms with Crippen LogP contribution in [0.1, 0.15) is 37.7 Å². The quantitative estimate of drug-likeness (QED) is 0.885. The van der Waals surface area contributed by atoms with Crippen LogP contribution in [0.15, 0.2) is 12.1 Å². The molecule has 0 amide bonds. The van der Waals surface area contributed by atoms with Gasteiger partial charge >= 0.3 is 0 Å². The second kappa shape index (κ2) is 6.65. The topological polar surface area (TPSA) is 21.3 Å². The highest BCUT2D eigenvalue weighted by atomic mass is 35.5. The summed E-state index contributed by atoms with van der Waals surface area (Å²) in [5.74, 6) is 0.555. The molecular formula is C14H19Cl2NO. The number of rotatable bonds is 4. The van der Waals surface area contributed by atoms with Crippen molar-refractivity contribution in [2.24, 2.45) is 0 Å². The third kappa shape index (κ3) is 3.53. The third-order valence-electron chi connectivity index (χ3n) is 3.46. The predicted molar refractivity (Wildman–Crippen MR) is 76.7 cm³/mol. The fraction of sp³-hybridized carbons (Fsp3) is 0.571. The van der Waals surface area contributed by atoms with Crippen LogP contribution >= 0.6 is 23.2 Å². The van der Waals surface area contributed by atoms with Gasteiger partial charge in [0.15, 0.2) is 5.75 Å². The van der Waals surface area contributed by atoms with E-state index in [-0.39, 0.29) is 0 Å². The number of nitrogens with one attached hydrogen (secondary N) is 1. The molecule has 1 saturated carbocycles. The van der Waals surface area contributed by atoms with E-state index in [1.807, 2.05) is 12.1 Å². The lowest BCUT2D eigenvalue weighted by atomic mass is 9.95. The zero-order valence-corrected chi connectivity index (χ0v) is 12.2. The molecule has 1 aromatic carbocycles. The molecule has 0 spiro atoms. The number of hydrogen-bond donors (Lipinski definition) is 1. The zero-order chi connectivity index (χ0) is 13.0. The number of benzene rings is 1. The molecule has 0 aromatic heterocycles. The Labute approximate surface area is 119 Å². The third-order valence-corrected chi connectivity index (χ3v) is 4.02. The van der Waals surface area contributed by atoms with Crippen LogP contribution in [-0.4, -0.2) is 13.2 Å². The van der Waals surface area contributed by atoms with Crippen LogP contribution in [0.5, 0.6) is 5.75 Å². The van der Waals surface area contributed by atoms with Gasteiger partial charge in [0.05, 0.1) is 17.2 Å². The van der Waals surface area contributed by atoms with Gasteiger partial charge in [-0.15, -0.1) is 0 Å². The van der Waals surface area contributed by atoms with Crippen LogP contribution in [0.4, 0.5) is 0 Å². The highest BCUT2D eigenvalue weighted by molar-refractivity contribution is 6.37. The Hall–Kier alpha value is -0.440. The monoisotopic (exact) mass is 287 g/mol. The predicted octanol–water partition coefficient (Wildman–Crippen LogP) is 4.42. The molecule has 0 radical (unpaired) electrons. The summed E-state index contributed by atoms with van der Waals surface area (Å²) in [4.78, 5) is 0. The van der Waals surface area contributed by atoms with E-state index < -0.39 is 0 Å². The maximum atomic E-state index is 6.12. The number of methoxy groups -OCH3 is 1. The highest BCUT2D eigenvalue weighted by Crippen LogP contribution is 2.33. The van der Waals surface area contributed by atoms with Gasteiger partial charge in [0.2, 0.25) is 0 Å². The minimum absolute atomic E-state index is 0.555. The van der Waals surface area contributed by atoms with Gasteiger partial charge in [-0.3, -0.25) is 0 Å². The molecule has 1 aliphatic carbocycles. The fourth-order valence-corrected chi connectivity index (χ4v) is 3.16. The Balaban J connectivity index is 1.96. The molecule has 0 atom stereocenters. The molecule has 100 valence electrons. The smallest absolute Gasteiger partial charge is 0.156 e. The molecule has 1 N–H and O–H groups in total. The lowest BCUT2D eigenvalue weighted by molar-refractivity contribution is 0.372. The Morgan fingerprint density at radius 1 is 1.17 bits per heavy atom. The van der Waals surface area contributed by atoms with E-state index in [0.29, 0.717) is 21.8 Å². The van der Waals surface area contributed by atoms with Crippen LogP contribution in [0.2, 0.25) is 10.0 Å². The molecule has 1 fully saturated rings. The summed E-state index contributed by atoms with van der Waals surface area (Å²) in [6.07, 6.45) is 6.59. The van der Waals surface area contributed by atoms with E-state index in [4.69, 9.17) is 27.9 Å². The Morgan fingerprint density at radius 3 is 2.33 bits per heavy atom. The largest absolute Gasteiger partial charge is 0.494 e. The molecule has 18 heavy (non-hydrogen) atoms. The molecule has 2 rings (SSSR count). The summed E-state index contributed by atoms with van der Waals surface area (Å²) < 4.78 is 5.14. The first-order valence-electron chi connectivity index (χ1n) is 6.46. The van der Waals surface area contributed by atoms with E-state index in [0.717, 1.165) is 12.1 Å². The summed E-state index contributed by atoms with van der Waals surface area (Å²) in [5, 5.41) is 4.72. The first-order valence-corrected chi connectivity index (χ1v) is 7.21. The average Bonchev–Trinajstić information content (AvgIpc) is 2.37. The summed E-state index contributed by atoms with van der Waals surface area (Å²) >= 11 is 12.2. The number of hydrogen-bond acceptors (Lipinski definition) is 2. The minimum atomic E-state index is 0.555. The van der Waals surface area contributed by atoms with Crippen LogP contribution in [0.25, 0.3) is 0 Å². The van der Waals surface area contributed by atoms with Gasteiger partial charge in [0.25, 0.3) is 0 Å². The molecule has 1 aliphatic rings. The van der Waals surface area contributed by atoms with Gasteiger partial charge in [-0.1, -0.05) is 42.5 Å². The first kappa shape index (κ1) is 14.0. The van der Waals surface area contributed by atoms with E-state index >= 15 is 0 Å². The Kier molecular flexibility index (Phi) is 5.16. The summed E-state index contributed by atoms with van der Waals surface area (Å²) in [6.45, 7) is 0.814. The van der Waals surface area contributed by atoms with Crippen molar-refractivity contribution >= 4 is 23.2 Å². The maximum absolute atomic E-state index is 6.12. The van der Waals surface area contributed by atoms with E-state index in [1.165, 1.54) is 32.1 Å². The zero-order valence-electron chi connectivity index (χ0n) is 10.6. The molecule has 2 nitrogen and oxygen atoms in total. The van der Waals surface area contributed by atoms with E-state index in [9.17, 15) is 0 Å². The van der Waals surface area contributed by atoms with Gasteiger partial charge in [0.1, 0.15) is 0 Å². The van der Waals surface area contributed by atoms with Crippen LogP contribution < -0.4 is 10.1 Å². The van der Waals surface area contributed by atoms with Crippen molar-refractivity contribution in [2.45, 2.75) is 44.7 Å². The Bertz CT molecular complexity index is 380. The molecule has 4 heteroatoms. The highest BCUT2D eigenvalue weighted by Gasteiger charge is 2.13. The van der Waals surface area contributed by atoms with Gasteiger partial charge in [0, 0.05) is 12.6 Å². The molecular weight excluding hydrogens is 269 g/mol. The van der Waals surface area contributed by atoms with Crippen molar-refractivity contribution in [3.63, 3.8) is 0 Å². The molecule has 0 unspecified atom stereocenters. The van der Waals surface area contributed by atoms with Crippen molar-refractivity contribution < 1.29 is 4.74 Å². The second-order valence-electron chi connectivity index (χ2n) is 4.81. The molecule has 0 heterocycles. The average molecular weight is 288 g/mol. The number of ether oxygens (including phenoxy) is 1. The SMILES string of the molecule is COc1c(Cl)cc(CNC2CCCCC2)cc1Cl. The number of halogens is 2. The molecule has 1 aromatic rings. The molecule has 0 aliphatic heterocycles. The van der Waals surface area contributed by atoms with Crippen LogP contribution in [0.3, 0.4) is 0 Å². The van der Waals surface area contributed by atoms with Gasteiger partial charge in [-0.05, 0) is 30.5 Å². The molecule has 0 saturated heterocycles. The molecule has 0 bridgehead atoms. The minimum Gasteiger partial charge on any atom is -0.494 e. The van der Waals surface area contributed by atoms with Crippen LogP contribution in [0, 0.1) is 0 Å². The standard InChI is InChI=1S/C14H19Cl2NO/c1-18-14-12(15)7-10(8-13(14)16)9-17-11-5-3-2-4-6-11/h7-8,11,17H,2-6,9H2,1H3. The summed E-state index contributed by atoms with van der Waals surface area (Å²) in [5.41, 5.74) is 1.11. The van der Waals surface area contributed by atoms with Crippen molar-refractivity contribution in [3.8, 4) is 5.75 Å². The second-order valence-corrected chi connectivity index (χ2v) is 5.62. The lowest BCUT2D eigenvalue weighted by Gasteiger charge is -2.23. The fourth-order valence-electron chi connectivity index (χ4n) is 2.48. The van der Waals surface area contributed by atoms with Crippen molar-refractivity contribution in [1.29, 1.82) is 0 Å². The van der Waals surface area contributed by atoms with E-state index in [2.05, 4.69) is 5.32 Å². The van der Waals surface area contributed by atoms with E-state index in [1.54, 1.807) is 7.11 Å². The van der Waals surface area contributed by atoms with Gasteiger partial charge < -0.3 is 10.1 Å². The summed E-state index contributed by atoms with van der Waals surface area (Å²) in [7, 11) is 1.58. The van der Waals surface area contributed by atoms with Crippen molar-refractivity contribution in [1.82, 2.24) is 5.32 Å². The Morgan fingerprint density at radius 2 is 1.78 bits per heavy atom. The summed E-state index contributed by atoms with van der Waals surface area (Å²) in [6, 6.07) is 4.47. The van der Waals surface area contributed by atoms with Crippen molar-refractivity contribution in [3.05, 3.63) is 27.7 Å². The van der Waals surface area contributed by atoms with Crippen LogP contribution in [-0.2, 0) is 6.54 Å². The lowest BCUT2D eigenvalue weighted by Crippen LogP contribution is -2.30. The first-order chi connectivity index (χ1) is 8.70. The van der Waals surface area contributed by atoms with Crippen molar-refractivity contribution in [2.75, 3.05) is 7.11 Å². The van der Waals surface area contributed by atoms with Gasteiger partial charge in [-0.25, -0.2) is 0 Å².